The lowest BCUT2D eigenvalue weighted by molar-refractivity contribution is -0.128. The van der Waals surface area contributed by atoms with Crippen molar-refractivity contribution in [1.29, 1.82) is 0 Å². The van der Waals surface area contributed by atoms with Gasteiger partial charge in [0.15, 0.2) is 11.4 Å². The Morgan fingerprint density at radius 3 is 2.00 bits per heavy atom. The molecule has 2 N–H and O–H groups in total. The van der Waals surface area contributed by atoms with Crippen LogP contribution in [-0.2, 0) is 4.79 Å². The minimum atomic E-state index is -1.25. The number of nitrogens with one attached hydrogen (secondary N) is 1. The Balaban J connectivity index is 1.70. The third kappa shape index (κ3) is 5.12. The van der Waals surface area contributed by atoms with Crippen LogP contribution in [0.2, 0.25) is 10.0 Å². The van der Waals surface area contributed by atoms with Crippen LogP contribution in [0.5, 0.6) is 11.5 Å². The first-order valence-electron chi connectivity index (χ1n) is 9.05. The molecule has 0 fully saturated rings. The number of carbonyl (C=O) groups excluding carboxylic acids is 2. The lowest BCUT2D eigenvalue weighted by Gasteiger charge is -2.25. The summed E-state index contributed by atoms with van der Waals surface area (Å²) in [6.07, 6.45) is 0. The number of hydrogen-bond acceptors (Lipinski definition) is 4. The number of ether oxygens (including phenoxy) is 1. The van der Waals surface area contributed by atoms with Crippen molar-refractivity contribution in [2.24, 2.45) is 0 Å². The first-order valence-corrected chi connectivity index (χ1v) is 9.80. The minimum absolute atomic E-state index is 0.103. The van der Waals surface area contributed by atoms with Gasteiger partial charge < -0.3 is 15.2 Å². The van der Waals surface area contributed by atoms with E-state index in [1.54, 1.807) is 62.4 Å². The molecule has 0 aliphatic rings. The lowest BCUT2D eigenvalue weighted by Crippen LogP contribution is -2.42. The maximum absolute atomic E-state index is 12.6. The quantitative estimate of drug-likeness (QED) is 0.376. The Kier molecular flexibility index (Phi) is 6.34. The number of phenolic OH excluding ortho intramolecular Hbond substituents is 1. The van der Waals surface area contributed by atoms with Gasteiger partial charge in [-0.2, -0.15) is 0 Å². The van der Waals surface area contributed by atoms with Gasteiger partial charge in [0.2, 0.25) is 0 Å². The second-order valence-electron chi connectivity index (χ2n) is 7.09. The van der Waals surface area contributed by atoms with Crippen LogP contribution < -0.4 is 10.1 Å². The Bertz CT molecular complexity index is 1080. The highest BCUT2D eigenvalue weighted by molar-refractivity contribution is 6.31. The zero-order chi connectivity index (χ0) is 21.9. The molecule has 154 valence electrons. The third-order valence-electron chi connectivity index (χ3n) is 4.35. The summed E-state index contributed by atoms with van der Waals surface area (Å²) in [5.74, 6) is -0.306. The molecule has 0 aliphatic carbocycles. The summed E-state index contributed by atoms with van der Waals surface area (Å²) in [5, 5.41) is 13.4. The molecule has 0 aromatic heterocycles. The van der Waals surface area contributed by atoms with Gasteiger partial charge in [0.05, 0.1) is 5.69 Å². The van der Waals surface area contributed by atoms with Crippen LogP contribution >= 0.6 is 23.2 Å². The predicted octanol–water partition coefficient (Wildman–Crippen LogP) is 5.73. The van der Waals surface area contributed by atoms with E-state index in [1.807, 2.05) is 0 Å². The average molecular weight is 444 g/mol. The fourth-order valence-electron chi connectivity index (χ4n) is 2.66. The predicted molar refractivity (Wildman–Crippen MR) is 118 cm³/mol. The maximum atomic E-state index is 12.6. The van der Waals surface area contributed by atoms with E-state index in [1.165, 1.54) is 18.2 Å². The molecule has 0 heterocycles. The van der Waals surface area contributed by atoms with Gasteiger partial charge in [-0.25, -0.2) is 0 Å². The molecule has 0 bridgehead atoms. The van der Waals surface area contributed by atoms with Crippen molar-refractivity contribution in [2.45, 2.75) is 19.4 Å². The average Bonchev–Trinajstić information content (AvgIpc) is 2.71. The number of anilines is 1. The maximum Gasteiger partial charge on any atom is 0.268 e. The highest BCUT2D eigenvalue weighted by Crippen LogP contribution is 2.28. The lowest BCUT2D eigenvalue weighted by atomic mass is 10.0. The molecule has 0 atom stereocenters. The Morgan fingerprint density at radius 2 is 1.40 bits per heavy atom. The number of aromatic hydroxyl groups is 1. The van der Waals surface area contributed by atoms with E-state index < -0.39 is 11.5 Å². The number of halogens is 2. The van der Waals surface area contributed by atoms with Crippen molar-refractivity contribution in [3.63, 3.8) is 0 Å². The highest BCUT2D eigenvalue weighted by Gasteiger charge is 2.30. The third-order valence-corrected chi connectivity index (χ3v) is 4.84. The van der Waals surface area contributed by atoms with Gasteiger partial charge in [-0.15, -0.1) is 0 Å². The molecule has 3 aromatic rings. The molecular formula is C23H19Cl2NO4. The van der Waals surface area contributed by atoms with Crippen molar-refractivity contribution < 1.29 is 19.4 Å². The van der Waals surface area contributed by atoms with Gasteiger partial charge in [0.25, 0.3) is 5.91 Å². The Morgan fingerprint density at radius 1 is 0.867 bits per heavy atom. The van der Waals surface area contributed by atoms with Crippen molar-refractivity contribution in [3.05, 3.63) is 87.9 Å². The van der Waals surface area contributed by atoms with Gasteiger partial charge in [-0.05, 0) is 80.6 Å². The fourth-order valence-corrected chi connectivity index (χ4v) is 2.96. The molecule has 3 aromatic carbocycles. The smallest absolute Gasteiger partial charge is 0.268 e. The topological polar surface area (TPSA) is 75.6 Å². The van der Waals surface area contributed by atoms with Crippen LogP contribution in [0, 0.1) is 0 Å². The normalized spacial score (nSPS) is 11.1. The van der Waals surface area contributed by atoms with Gasteiger partial charge in [-0.1, -0.05) is 23.2 Å². The molecule has 0 saturated carbocycles. The molecule has 0 unspecified atom stereocenters. The van der Waals surface area contributed by atoms with Gasteiger partial charge in [-0.3, -0.25) is 9.59 Å². The van der Waals surface area contributed by atoms with Crippen LogP contribution in [0.3, 0.4) is 0 Å². The van der Waals surface area contributed by atoms with Crippen LogP contribution in [-0.4, -0.2) is 22.4 Å². The molecule has 7 heteroatoms. The van der Waals surface area contributed by atoms with Gasteiger partial charge >= 0.3 is 0 Å². The van der Waals surface area contributed by atoms with Crippen molar-refractivity contribution in [2.75, 3.05) is 5.32 Å². The summed E-state index contributed by atoms with van der Waals surface area (Å²) >= 11 is 11.8. The number of carbonyl (C=O) groups is 2. The van der Waals surface area contributed by atoms with Crippen LogP contribution in [0.4, 0.5) is 5.69 Å². The Hall–Kier alpha value is -3.02. The summed E-state index contributed by atoms with van der Waals surface area (Å²) in [5.41, 5.74) is -0.0609. The molecule has 0 spiro atoms. The summed E-state index contributed by atoms with van der Waals surface area (Å²) in [4.78, 5) is 25.2. The highest BCUT2D eigenvalue weighted by atomic mass is 35.5. The number of benzene rings is 3. The van der Waals surface area contributed by atoms with E-state index >= 15 is 0 Å². The summed E-state index contributed by atoms with van der Waals surface area (Å²) in [7, 11) is 0. The molecule has 5 nitrogen and oxygen atoms in total. The van der Waals surface area contributed by atoms with E-state index in [0.29, 0.717) is 26.9 Å². The second-order valence-corrected chi connectivity index (χ2v) is 7.96. The van der Waals surface area contributed by atoms with E-state index in [9.17, 15) is 14.7 Å². The molecule has 30 heavy (non-hydrogen) atoms. The number of hydrogen-bond donors (Lipinski definition) is 2. The summed E-state index contributed by atoms with van der Waals surface area (Å²) < 4.78 is 5.81. The molecule has 1 amide bonds. The molecule has 3 rings (SSSR count). The van der Waals surface area contributed by atoms with E-state index in [-0.39, 0.29) is 17.2 Å². The second kappa shape index (κ2) is 8.78. The van der Waals surface area contributed by atoms with Crippen LogP contribution in [0.25, 0.3) is 0 Å². The largest absolute Gasteiger partial charge is 0.506 e. The summed E-state index contributed by atoms with van der Waals surface area (Å²) in [6, 6.07) is 17.5. The minimum Gasteiger partial charge on any atom is -0.506 e. The van der Waals surface area contributed by atoms with Crippen LogP contribution in [0.1, 0.15) is 29.8 Å². The summed E-state index contributed by atoms with van der Waals surface area (Å²) in [6.45, 7) is 3.19. The monoisotopic (exact) mass is 443 g/mol. The molecule has 0 radical (unpaired) electrons. The van der Waals surface area contributed by atoms with Crippen molar-refractivity contribution >= 4 is 40.6 Å². The molecular weight excluding hydrogens is 425 g/mol. The number of rotatable bonds is 6. The van der Waals surface area contributed by atoms with Crippen molar-refractivity contribution in [1.82, 2.24) is 0 Å². The molecule has 0 saturated heterocycles. The van der Waals surface area contributed by atoms with Gasteiger partial charge in [0.1, 0.15) is 11.5 Å². The SMILES string of the molecule is CC(C)(Oc1ccc(C(=O)c2ccc(Cl)cc2)cc1)C(=O)Nc1cc(Cl)ccc1O. The standard InChI is InChI=1S/C23H19Cl2NO4/c1-23(2,22(29)26-19-13-17(25)9-12-20(19)27)30-18-10-5-15(6-11-18)21(28)14-3-7-16(24)8-4-14/h3-13,27H,1-2H3,(H,26,29). The number of ketones is 1. The first-order chi connectivity index (χ1) is 14.2. The fraction of sp³-hybridized carbons (Fsp3) is 0.130. The first kappa shape index (κ1) is 21.7. The number of phenols is 1. The van der Waals surface area contributed by atoms with E-state index in [4.69, 9.17) is 27.9 Å². The van der Waals surface area contributed by atoms with E-state index in [2.05, 4.69) is 5.32 Å². The zero-order valence-corrected chi connectivity index (χ0v) is 17.8. The van der Waals surface area contributed by atoms with E-state index in [0.717, 1.165) is 0 Å². The zero-order valence-electron chi connectivity index (χ0n) is 16.3. The number of amides is 1. The van der Waals surface area contributed by atoms with Crippen LogP contribution in [0.15, 0.2) is 66.7 Å². The van der Waals surface area contributed by atoms with Crippen molar-refractivity contribution in [3.8, 4) is 11.5 Å². The molecule has 0 aliphatic heterocycles. The van der Waals surface area contributed by atoms with Gasteiger partial charge in [0, 0.05) is 21.2 Å². The Labute approximate surface area is 184 Å².